The molecule has 1 atom stereocenters. The molecule has 5 nitrogen and oxygen atoms in total. The highest BCUT2D eigenvalue weighted by molar-refractivity contribution is 5.87. The first-order valence-corrected chi connectivity index (χ1v) is 17.4. The van der Waals surface area contributed by atoms with Crippen molar-refractivity contribution in [2.45, 2.75) is 193 Å². The van der Waals surface area contributed by atoms with Gasteiger partial charge >= 0.3 is 0 Å². The van der Waals surface area contributed by atoms with E-state index >= 15 is 0 Å². The minimum absolute atomic E-state index is 0. The van der Waals surface area contributed by atoms with Gasteiger partial charge in [-0.3, -0.25) is 9.59 Å². The van der Waals surface area contributed by atoms with E-state index in [4.69, 9.17) is 5.73 Å². The molecule has 0 aromatic heterocycles. The molecule has 0 saturated heterocycles. The summed E-state index contributed by atoms with van der Waals surface area (Å²) in [6, 6.07) is -0.422. The zero-order valence-corrected chi connectivity index (χ0v) is 27.7. The molecular weight excluding hydrogens is 518 g/mol. The van der Waals surface area contributed by atoms with Crippen LogP contribution < -0.4 is 16.4 Å². The Morgan fingerprint density at radius 1 is 0.550 bits per heavy atom. The molecule has 4 N–H and O–H groups in total. The monoisotopic (exact) mass is 588 g/mol. The quantitative estimate of drug-likeness (QED) is 0.0706. The molecule has 0 aliphatic rings. The number of carbonyl (C=O) groups excluding carboxylic acids is 2. The molecule has 0 spiro atoms. The van der Waals surface area contributed by atoms with Crippen LogP contribution in [0.25, 0.3) is 0 Å². The lowest BCUT2D eigenvalue weighted by Crippen LogP contribution is -2.47. The number of halogens is 1. The zero-order chi connectivity index (χ0) is 28.7. The molecule has 0 radical (unpaired) electrons. The summed E-state index contributed by atoms with van der Waals surface area (Å²) in [5.74, 6) is -0.00781. The number of nitrogens with one attached hydrogen (secondary N) is 2. The van der Waals surface area contributed by atoms with Crippen molar-refractivity contribution < 1.29 is 9.59 Å². The second-order valence-corrected chi connectivity index (χ2v) is 11.9. The molecule has 0 aliphatic heterocycles. The fraction of sp³-hybridized carbons (Fsp3) is 0.941. The standard InChI is InChI=1S/C34H69N3O2.ClH/c1-3-5-7-9-11-13-15-16-17-18-20-22-24-29-33(38)37-32(28-25-26-30-35)34(39)36-31-27-23-21-19-14-12-10-8-6-4-2;/h32H,3-31,35H2,1-2H3,(H,36,39)(H,37,38);1H/t32-;/m0./s1. The predicted octanol–water partition coefficient (Wildman–Crippen LogP) is 9.54. The van der Waals surface area contributed by atoms with Crippen molar-refractivity contribution in [3.63, 3.8) is 0 Å². The van der Waals surface area contributed by atoms with Crippen LogP contribution in [0.4, 0.5) is 0 Å². The SMILES string of the molecule is CCCCCCCCCCCCCCCC(=O)N[C@@H](CCCCN)C(=O)NCCCCCCCCCCCC.Cl. The Kier molecular flexibility index (Phi) is 35.5. The van der Waals surface area contributed by atoms with Gasteiger partial charge in [-0.15, -0.1) is 12.4 Å². The van der Waals surface area contributed by atoms with Crippen LogP contribution in [0.2, 0.25) is 0 Å². The number of amides is 2. The van der Waals surface area contributed by atoms with Gasteiger partial charge in [0.05, 0.1) is 0 Å². The summed E-state index contributed by atoms with van der Waals surface area (Å²) >= 11 is 0. The van der Waals surface area contributed by atoms with Crippen molar-refractivity contribution in [1.82, 2.24) is 10.6 Å². The minimum Gasteiger partial charge on any atom is -0.354 e. The van der Waals surface area contributed by atoms with Crippen molar-refractivity contribution in [1.29, 1.82) is 0 Å². The van der Waals surface area contributed by atoms with Gasteiger partial charge in [-0.25, -0.2) is 0 Å². The highest BCUT2D eigenvalue weighted by Crippen LogP contribution is 2.13. The molecule has 0 unspecified atom stereocenters. The Morgan fingerprint density at radius 3 is 1.38 bits per heavy atom. The summed E-state index contributed by atoms with van der Waals surface area (Å²) in [7, 11) is 0. The Labute approximate surface area is 256 Å². The third-order valence-corrected chi connectivity index (χ3v) is 7.94. The number of nitrogens with two attached hydrogens (primary N) is 1. The Bertz CT molecular complexity index is 533. The molecule has 0 rings (SSSR count). The van der Waals surface area contributed by atoms with Gasteiger partial charge in [0.15, 0.2) is 0 Å². The lowest BCUT2D eigenvalue weighted by molar-refractivity contribution is -0.129. The second kappa shape index (κ2) is 34.4. The topological polar surface area (TPSA) is 84.2 Å². The highest BCUT2D eigenvalue weighted by Gasteiger charge is 2.19. The fourth-order valence-corrected chi connectivity index (χ4v) is 5.28. The molecule has 40 heavy (non-hydrogen) atoms. The summed E-state index contributed by atoms with van der Waals surface area (Å²) in [6.07, 6.45) is 32.7. The van der Waals surface area contributed by atoms with Crippen molar-refractivity contribution in [3.8, 4) is 0 Å². The van der Waals surface area contributed by atoms with Crippen LogP contribution in [-0.4, -0.2) is 30.9 Å². The number of carbonyl (C=O) groups is 2. The third kappa shape index (κ3) is 30.2. The number of rotatable bonds is 31. The average molecular weight is 588 g/mol. The van der Waals surface area contributed by atoms with E-state index in [1.165, 1.54) is 128 Å². The maximum absolute atomic E-state index is 12.8. The largest absolute Gasteiger partial charge is 0.354 e. The number of hydrogen-bond donors (Lipinski definition) is 3. The number of unbranched alkanes of at least 4 members (excludes halogenated alkanes) is 22. The average Bonchev–Trinajstić information content (AvgIpc) is 2.93. The van der Waals surface area contributed by atoms with Crippen molar-refractivity contribution in [3.05, 3.63) is 0 Å². The minimum atomic E-state index is -0.422. The van der Waals surface area contributed by atoms with Gasteiger partial charge in [-0.05, 0) is 38.6 Å². The van der Waals surface area contributed by atoms with Crippen molar-refractivity contribution >= 4 is 24.2 Å². The smallest absolute Gasteiger partial charge is 0.242 e. The van der Waals surface area contributed by atoms with E-state index in [0.29, 0.717) is 25.9 Å². The fourth-order valence-electron chi connectivity index (χ4n) is 5.28. The molecule has 0 saturated carbocycles. The Balaban J connectivity index is 0. The van der Waals surface area contributed by atoms with Gasteiger partial charge < -0.3 is 16.4 Å². The van der Waals surface area contributed by atoms with Crippen LogP contribution in [0.3, 0.4) is 0 Å². The van der Waals surface area contributed by atoms with Crippen LogP contribution >= 0.6 is 12.4 Å². The van der Waals surface area contributed by atoms with Crippen LogP contribution in [-0.2, 0) is 9.59 Å². The first-order chi connectivity index (χ1) is 19.2. The molecule has 6 heteroatoms. The highest BCUT2D eigenvalue weighted by atomic mass is 35.5. The maximum atomic E-state index is 12.8. The summed E-state index contributed by atoms with van der Waals surface area (Å²) in [5.41, 5.74) is 5.64. The summed E-state index contributed by atoms with van der Waals surface area (Å²) in [6.45, 7) is 5.86. The molecule has 0 aromatic carbocycles. The van der Waals surface area contributed by atoms with E-state index in [2.05, 4.69) is 24.5 Å². The van der Waals surface area contributed by atoms with E-state index in [0.717, 1.165) is 32.1 Å². The van der Waals surface area contributed by atoms with Crippen LogP contribution in [0.5, 0.6) is 0 Å². The lowest BCUT2D eigenvalue weighted by atomic mass is 10.0. The summed E-state index contributed by atoms with van der Waals surface area (Å²) in [5, 5.41) is 6.09. The van der Waals surface area contributed by atoms with E-state index in [1.807, 2.05) is 0 Å². The van der Waals surface area contributed by atoms with E-state index < -0.39 is 6.04 Å². The molecule has 0 heterocycles. The van der Waals surface area contributed by atoms with Crippen molar-refractivity contribution in [2.24, 2.45) is 5.73 Å². The molecule has 0 fully saturated rings. The summed E-state index contributed by atoms with van der Waals surface area (Å²) < 4.78 is 0. The molecule has 2 amide bonds. The first-order valence-electron chi connectivity index (χ1n) is 17.4. The maximum Gasteiger partial charge on any atom is 0.242 e. The molecule has 0 aliphatic carbocycles. The predicted molar refractivity (Wildman–Crippen MR) is 177 cm³/mol. The zero-order valence-electron chi connectivity index (χ0n) is 26.9. The number of hydrogen-bond acceptors (Lipinski definition) is 3. The van der Waals surface area contributed by atoms with Gasteiger partial charge in [0.1, 0.15) is 6.04 Å². The van der Waals surface area contributed by atoms with Crippen LogP contribution in [0.15, 0.2) is 0 Å². The molecular formula is C34H70ClN3O2. The second-order valence-electron chi connectivity index (χ2n) is 11.9. The molecule has 0 bridgehead atoms. The van der Waals surface area contributed by atoms with Gasteiger partial charge in [-0.1, -0.05) is 149 Å². The van der Waals surface area contributed by atoms with Gasteiger partial charge in [0.25, 0.3) is 0 Å². The Morgan fingerprint density at radius 2 is 0.950 bits per heavy atom. The lowest BCUT2D eigenvalue weighted by Gasteiger charge is -2.18. The van der Waals surface area contributed by atoms with E-state index in [-0.39, 0.29) is 24.2 Å². The van der Waals surface area contributed by atoms with E-state index in [9.17, 15) is 9.59 Å². The van der Waals surface area contributed by atoms with Crippen LogP contribution in [0, 0.1) is 0 Å². The first kappa shape index (κ1) is 41.3. The van der Waals surface area contributed by atoms with Gasteiger partial charge in [0.2, 0.25) is 11.8 Å². The Hall–Kier alpha value is -0.810. The molecule has 240 valence electrons. The van der Waals surface area contributed by atoms with Gasteiger partial charge in [0, 0.05) is 13.0 Å². The third-order valence-electron chi connectivity index (χ3n) is 7.94. The normalized spacial score (nSPS) is 11.7. The van der Waals surface area contributed by atoms with Crippen molar-refractivity contribution in [2.75, 3.05) is 13.1 Å². The summed E-state index contributed by atoms with van der Waals surface area (Å²) in [4.78, 5) is 25.3. The van der Waals surface area contributed by atoms with Gasteiger partial charge in [-0.2, -0.15) is 0 Å². The van der Waals surface area contributed by atoms with E-state index in [1.54, 1.807) is 0 Å². The molecule has 0 aromatic rings. The van der Waals surface area contributed by atoms with Crippen LogP contribution in [0.1, 0.15) is 187 Å².